The Morgan fingerprint density at radius 2 is 1.75 bits per heavy atom. The smallest absolute Gasteiger partial charge is 0.413 e. The molecule has 2 aromatic rings. The van der Waals surface area contributed by atoms with Gasteiger partial charge in [0, 0.05) is 56.3 Å². The third-order valence-corrected chi connectivity index (χ3v) is 6.24. The lowest BCUT2D eigenvalue weighted by Gasteiger charge is -2.39. The number of amides is 1. The molecule has 7 heteroatoms. The first-order valence-electron chi connectivity index (χ1n) is 11.6. The van der Waals surface area contributed by atoms with Crippen LogP contribution >= 0.6 is 0 Å². The number of para-hydroxylation sites is 1. The molecule has 0 aliphatic carbocycles. The van der Waals surface area contributed by atoms with Crippen molar-refractivity contribution in [3.63, 3.8) is 0 Å². The maximum Gasteiger partial charge on any atom is 0.413 e. The molecule has 0 aromatic heterocycles. The number of nitrogens with zero attached hydrogens (tertiary/aromatic N) is 3. The van der Waals surface area contributed by atoms with Gasteiger partial charge in [0.25, 0.3) is 0 Å². The van der Waals surface area contributed by atoms with Gasteiger partial charge in [-0.05, 0) is 43.2 Å². The molecule has 2 aliphatic heterocycles. The standard InChI is InChI=1S/C25H34N4O3/c1-3-24(29-13-11-28(12-14-29)23-10-5-4-7-20(23)2)32-25(30)26-21-8-6-9-22(19-21)27-15-17-31-18-16-27/h4-10,19,24H,3,11-18H2,1-2H3,(H,26,30). The number of hydrogen-bond donors (Lipinski definition) is 1. The van der Waals surface area contributed by atoms with Gasteiger partial charge in [-0.2, -0.15) is 0 Å². The monoisotopic (exact) mass is 438 g/mol. The second-order valence-corrected chi connectivity index (χ2v) is 8.35. The van der Waals surface area contributed by atoms with Gasteiger partial charge in [0.05, 0.1) is 13.2 Å². The van der Waals surface area contributed by atoms with Crippen molar-refractivity contribution < 1.29 is 14.3 Å². The van der Waals surface area contributed by atoms with Crippen molar-refractivity contribution in [1.82, 2.24) is 4.90 Å². The van der Waals surface area contributed by atoms with E-state index in [9.17, 15) is 4.79 Å². The zero-order chi connectivity index (χ0) is 22.3. The Morgan fingerprint density at radius 1 is 1.00 bits per heavy atom. The molecule has 172 valence electrons. The molecule has 2 heterocycles. The van der Waals surface area contributed by atoms with E-state index in [1.165, 1.54) is 11.3 Å². The molecule has 2 saturated heterocycles. The van der Waals surface area contributed by atoms with Crippen LogP contribution in [-0.4, -0.2) is 69.7 Å². The number of ether oxygens (including phenoxy) is 2. The van der Waals surface area contributed by atoms with E-state index in [0.717, 1.165) is 70.3 Å². The fourth-order valence-corrected chi connectivity index (χ4v) is 4.46. The van der Waals surface area contributed by atoms with E-state index < -0.39 is 6.09 Å². The summed E-state index contributed by atoms with van der Waals surface area (Å²) in [6.07, 6.45) is 0.125. The highest BCUT2D eigenvalue weighted by Crippen LogP contribution is 2.23. The minimum Gasteiger partial charge on any atom is -0.430 e. The van der Waals surface area contributed by atoms with Gasteiger partial charge in [0.1, 0.15) is 0 Å². The van der Waals surface area contributed by atoms with Crippen molar-refractivity contribution in [2.24, 2.45) is 0 Å². The Kier molecular flexibility index (Phi) is 7.50. The van der Waals surface area contributed by atoms with Crippen molar-refractivity contribution in [2.75, 3.05) is 67.6 Å². The topological polar surface area (TPSA) is 57.3 Å². The average Bonchev–Trinajstić information content (AvgIpc) is 2.84. The number of carbonyl (C=O) groups excluding carboxylic acids is 1. The predicted octanol–water partition coefficient (Wildman–Crippen LogP) is 3.94. The van der Waals surface area contributed by atoms with Gasteiger partial charge in [0.2, 0.25) is 0 Å². The minimum atomic E-state index is -0.405. The molecule has 7 nitrogen and oxygen atoms in total. The quantitative estimate of drug-likeness (QED) is 0.737. The SMILES string of the molecule is CCC(OC(=O)Nc1cccc(N2CCOCC2)c1)N1CCN(c2ccccc2C)CC1. The maximum absolute atomic E-state index is 12.6. The molecular weight excluding hydrogens is 404 g/mol. The van der Waals surface area contributed by atoms with Crippen LogP contribution in [0.4, 0.5) is 21.9 Å². The van der Waals surface area contributed by atoms with Crippen molar-refractivity contribution in [3.8, 4) is 0 Å². The fraction of sp³-hybridized carbons (Fsp3) is 0.480. The van der Waals surface area contributed by atoms with Crippen LogP contribution in [0, 0.1) is 6.92 Å². The van der Waals surface area contributed by atoms with Crippen LogP contribution in [0.5, 0.6) is 0 Å². The molecule has 0 saturated carbocycles. The molecule has 0 radical (unpaired) electrons. The summed E-state index contributed by atoms with van der Waals surface area (Å²) < 4.78 is 11.2. The summed E-state index contributed by atoms with van der Waals surface area (Å²) >= 11 is 0. The molecule has 1 atom stereocenters. The van der Waals surface area contributed by atoms with Gasteiger partial charge in [-0.3, -0.25) is 10.2 Å². The Bertz CT molecular complexity index is 892. The summed E-state index contributed by atoms with van der Waals surface area (Å²) in [4.78, 5) is 19.6. The first-order chi connectivity index (χ1) is 15.6. The molecule has 0 spiro atoms. The highest BCUT2D eigenvalue weighted by Gasteiger charge is 2.26. The number of piperazine rings is 1. The minimum absolute atomic E-state index is 0.226. The van der Waals surface area contributed by atoms with Crippen molar-refractivity contribution in [2.45, 2.75) is 26.5 Å². The van der Waals surface area contributed by atoms with Gasteiger partial charge in [-0.25, -0.2) is 4.79 Å². The number of anilines is 3. The number of benzene rings is 2. The molecule has 0 bridgehead atoms. The lowest BCUT2D eigenvalue weighted by molar-refractivity contribution is -0.0125. The predicted molar refractivity (Wildman–Crippen MR) is 129 cm³/mol. The lowest BCUT2D eigenvalue weighted by atomic mass is 10.1. The normalized spacial score (nSPS) is 18.3. The molecule has 1 amide bonds. The zero-order valence-corrected chi connectivity index (χ0v) is 19.1. The number of hydrogen-bond acceptors (Lipinski definition) is 6. The van der Waals surface area contributed by atoms with E-state index in [2.05, 4.69) is 64.2 Å². The third kappa shape index (κ3) is 5.53. The van der Waals surface area contributed by atoms with E-state index in [1.54, 1.807) is 0 Å². The fourth-order valence-electron chi connectivity index (χ4n) is 4.46. The van der Waals surface area contributed by atoms with Crippen LogP contribution in [0.1, 0.15) is 18.9 Å². The van der Waals surface area contributed by atoms with Crippen molar-refractivity contribution in [3.05, 3.63) is 54.1 Å². The molecule has 1 N–H and O–H groups in total. The van der Waals surface area contributed by atoms with Crippen LogP contribution in [0.2, 0.25) is 0 Å². The van der Waals surface area contributed by atoms with E-state index in [0.29, 0.717) is 0 Å². The van der Waals surface area contributed by atoms with E-state index in [-0.39, 0.29) is 6.23 Å². The van der Waals surface area contributed by atoms with Gasteiger partial charge < -0.3 is 19.3 Å². The first-order valence-corrected chi connectivity index (χ1v) is 11.6. The molecule has 2 aliphatic rings. The summed E-state index contributed by atoms with van der Waals surface area (Å²) in [5.74, 6) is 0. The summed E-state index contributed by atoms with van der Waals surface area (Å²) in [7, 11) is 0. The Morgan fingerprint density at radius 3 is 2.47 bits per heavy atom. The van der Waals surface area contributed by atoms with Gasteiger partial charge in [-0.15, -0.1) is 0 Å². The average molecular weight is 439 g/mol. The molecule has 1 unspecified atom stereocenters. The molecular formula is C25H34N4O3. The van der Waals surface area contributed by atoms with Gasteiger partial charge in [-0.1, -0.05) is 31.2 Å². The molecule has 2 aromatic carbocycles. The summed E-state index contributed by atoms with van der Waals surface area (Å²) in [6.45, 7) is 11.0. The van der Waals surface area contributed by atoms with Crippen LogP contribution in [0.25, 0.3) is 0 Å². The highest BCUT2D eigenvalue weighted by atomic mass is 16.6. The van der Waals surface area contributed by atoms with E-state index in [4.69, 9.17) is 9.47 Å². The molecule has 32 heavy (non-hydrogen) atoms. The van der Waals surface area contributed by atoms with Gasteiger partial charge >= 0.3 is 6.09 Å². The lowest BCUT2D eigenvalue weighted by Crippen LogP contribution is -2.51. The number of carbonyl (C=O) groups is 1. The summed E-state index contributed by atoms with van der Waals surface area (Å²) in [6, 6.07) is 16.4. The number of morpholine rings is 1. The maximum atomic E-state index is 12.6. The molecule has 4 rings (SSSR count). The number of rotatable bonds is 6. The Labute approximate surface area is 190 Å². The van der Waals surface area contributed by atoms with Crippen LogP contribution in [0.15, 0.2) is 48.5 Å². The second-order valence-electron chi connectivity index (χ2n) is 8.35. The summed E-state index contributed by atoms with van der Waals surface area (Å²) in [5, 5.41) is 2.91. The zero-order valence-electron chi connectivity index (χ0n) is 19.1. The largest absolute Gasteiger partial charge is 0.430 e. The van der Waals surface area contributed by atoms with E-state index in [1.807, 2.05) is 18.2 Å². The second kappa shape index (κ2) is 10.7. The van der Waals surface area contributed by atoms with E-state index >= 15 is 0 Å². The number of nitrogens with one attached hydrogen (secondary N) is 1. The summed E-state index contributed by atoms with van der Waals surface area (Å²) in [5.41, 5.74) is 4.42. The molecule has 2 fully saturated rings. The van der Waals surface area contributed by atoms with Crippen LogP contribution in [-0.2, 0) is 9.47 Å². The third-order valence-electron chi connectivity index (χ3n) is 6.24. The first kappa shape index (κ1) is 22.4. The highest BCUT2D eigenvalue weighted by molar-refractivity contribution is 5.85. The number of aryl methyl sites for hydroxylation is 1. The van der Waals surface area contributed by atoms with Crippen LogP contribution in [0.3, 0.4) is 0 Å². The van der Waals surface area contributed by atoms with Gasteiger partial charge in [0.15, 0.2) is 6.23 Å². The Hall–Kier alpha value is -2.77. The Balaban J connectivity index is 1.30. The van der Waals surface area contributed by atoms with Crippen LogP contribution < -0.4 is 15.1 Å². The van der Waals surface area contributed by atoms with Crippen molar-refractivity contribution >= 4 is 23.2 Å². The van der Waals surface area contributed by atoms with Crippen molar-refractivity contribution in [1.29, 1.82) is 0 Å².